The van der Waals surface area contributed by atoms with Crippen molar-refractivity contribution in [2.45, 2.75) is 45.3 Å². The van der Waals surface area contributed by atoms with Gasteiger partial charge in [0.2, 0.25) is 0 Å². The Bertz CT molecular complexity index is 612. The number of benzene rings is 1. The van der Waals surface area contributed by atoms with E-state index in [2.05, 4.69) is 5.32 Å². The number of amides is 2. The van der Waals surface area contributed by atoms with Crippen LogP contribution in [0.5, 0.6) is 0 Å². The Balaban J connectivity index is 1.60. The lowest BCUT2D eigenvalue weighted by atomic mass is 9.58. The summed E-state index contributed by atoms with van der Waals surface area (Å²) in [5, 5.41) is 12.8. The van der Waals surface area contributed by atoms with Gasteiger partial charge < -0.3 is 20.1 Å². The van der Waals surface area contributed by atoms with Crippen molar-refractivity contribution in [2.24, 2.45) is 5.41 Å². The van der Waals surface area contributed by atoms with Gasteiger partial charge in [-0.25, -0.2) is 9.18 Å². The average molecular weight is 336 g/mol. The van der Waals surface area contributed by atoms with E-state index in [0.29, 0.717) is 44.5 Å². The number of hydrogen-bond acceptors (Lipinski definition) is 3. The van der Waals surface area contributed by atoms with Crippen molar-refractivity contribution >= 4 is 11.7 Å². The highest BCUT2D eigenvalue weighted by molar-refractivity contribution is 5.89. The number of hydrogen-bond donors (Lipinski definition) is 2. The highest BCUT2D eigenvalue weighted by Gasteiger charge is 2.56. The molecule has 1 aliphatic heterocycles. The molecule has 6 heteroatoms. The van der Waals surface area contributed by atoms with Gasteiger partial charge >= 0.3 is 6.03 Å². The third-order valence-corrected chi connectivity index (χ3v) is 5.53. The first-order valence-electron chi connectivity index (χ1n) is 8.58. The number of urea groups is 1. The van der Waals surface area contributed by atoms with Crippen molar-refractivity contribution in [2.75, 3.05) is 25.0 Å². The number of carbonyl (C=O) groups is 1. The Morgan fingerprint density at radius 2 is 2.17 bits per heavy atom. The third-order valence-electron chi connectivity index (χ3n) is 5.53. The van der Waals surface area contributed by atoms with Crippen LogP contribution in [0.25, 0.3) is 0 Å². The second-order valence-electron chi connectivity index (χ2n) is 6.78. The maximum atomic E-state index is 14.0. The van der Waals surface area contributed by atoms with Gasteiger partial charge in [0, 0.05) is 31.5 Å². The molecule has 2 fully saturated rings. The molecule has 1 aromatic carbocycles. The summed E-state index contributed by atoms with van der Waals surface area (Å²) < 4.78 is 19.8. The Labute approximate surface area is 141 Å². The van der Waals surface area contributed by atoms with Crippen LogP contribution in [0.4, 0.5) is 14.9 Å². The number of piperidine rings is 1. The zero-order valence-electron chi connectivity index (χ0n) is 14.2. The number of aliphatic hydroxyl groups is 1. The Morgan fingerprint density at radius 1 is 1.46 bits per heavy atom. The average Bonchev–Trinajstić information content (AvgIpc) is 2.59. The number of aliphatic hydroxyl groups excluding tert-OH is 1. The summed E-state index contributed by atoms with van der Waals surface area (Å²) in [6, 6.07) is 4.65. The monoisotopic (exact) mass is 336 g/mol. The third kappa shape index (κ3) is 2.89. The predicted octanol–water partition coefficient (Wildman–Crippen LogP) is 2.92. The quantitative estimate of drug-likeness (QED) is 0.892. The number of carbonyl (C=O) groups excluding carboxylic acids is 1. The van der Waals surface area contributed by atoms with Gasteiger partial charge in [0.1, 0.15) is 5.82 Å². The number of aryl methyl sites for hydroxylation is 1. The normalized spacial score (nSPS) is 25.4. The van der Waals surface area contributed by atoms with Crippen molar-refractivity contribution < 1.29 is 19.0 Å². The fraction of sp³-hybridized carbons (Fsp3) is 0.611. The topological polar surface area (TPSA) is 61.8 Å². The highest BCUT2D eigenvalue weighted by atomic mass is 19.1. The largest absolute Gasteiger partial charge is 0.392 e. The molecule has 1 heterocycles. The zero-order chi connectivity index (χ0) is 17.3. The number of nitrogens with one attached hydrogen (secondary N) is 1. The summed E-state index contributed by atoms with van der Waals surface area (Å²) in [6.45, 7) is 5.34. The van der Waals surface area contributed by atoms with Gasteiger partial charge in [0.15, 0.2) is 0 Å². The molecule has 0 radical (unpaired) electrons. The molecule has 0 unspecified atom stereocenters. The van der Waals surface area contributed by atoms with Crippen LogP contribution in [-0.4, -0.2) is 47.9 Å². The lowest BCUT2D eigenvalue weighted by Crippen LogP contribution is -2.63. The van der Waals surface area contributed by atoms with Crippen molar-refractivity contribution in [3.8, 4) is 0 Å². The molecule has 1 spiro atoms. The van der Waals surface area contributed by atoms with E-state index in [4.69, 9.17) is 4.74 Å². The van der Waals surface area contributed by atoms with E-state index in [0.717, 1.165) is 0 Å². The Kier molecular flexibility index (Phi) is 4.78. The van der Waals surface area contributed by atoms with E-state index in [9.17, 15) is 14.3 Å². The van der Waals surface area contributed by atoms with Gasteiger partial charge in [0.25, 0.3) is 0 Å². The van der Waals surface area contributed by atoms with E-state index in [1.165, 1.54) is 0 Å². The minimum atomic E-state index is -0.398. The first kappa shape index (κ1) is 17.2. The summed E-state index contributed by atoms with van der Waals surface area (Å²) >= 11 is 0. The number of halogens is 1. The van der Waals surface area contributed by atoms with Gasteiger partial charge in [-0.15, -0.1) is 0 Å². The van der Waals surface area contributed by atoms with Gasteiger partial charge in [-0.3, -0.25) is 0 Å². The van der Waals surface area contributed by atoms with E-state index >= 15 is 0 Å². The van der Waals surface area contributed by atoms with E-state index in [1.54, 1.807) is 30.0 Å². The van der Waals surface area contributed by atoms with Crippen LogP contribution in [0.3, 0.4) is 0 Å². The molecular weight excluding hydrogens is 311 g/mol. The SMILES string of the molecule is CCO[C@H]1C[C@@H](O)C12CCN(C(=O)Nc1cccc(C)c1F)CC2. The second-order valence-corrected chi connectivity index (χ2v) is 6.78. The molecule has 1 saturated carbocycles. The fourth-order valence-corrected chi connectivity index (χ4v) is 3.88. The molecule has 1 saturated heterocycles. The van der Waals surface area contributed by atoms with Gasteiger partial charge in [-0.1, -0.05) is 12.1 Å². The van der Waals surface area contributed by atoms with Crippen molar-refractivity contribution in [1.82, 2.24) is 4.90 Å². The zero-order valence-corrected chi connectivity index (χ0v) is 14.2. The minimum absolute atomic E-state index is 0.0805. The Hall–Kier alpha value is -1.66. The van der Waals surface area contributed by atoms with Crippen LogP contribution in [-0.2, 0) is 4.74 Å². The first-order chi connectivity index (χ1) is 11.5. The van der Waals surface area contributed by atoms with Crippen molar-refractivity contribution in [3.05, 3.63) is 29.6 Å². The molecule has 0 bridgehead atoms. The minimum Gasteiger partial charge on any atom is -0.392 e. The molecule has 1 aromatic rings. The van der Waals surface area contributed by atoms with E-state index in [1.807, 2.05) is 6.92 Å². The summed E-state index contributed by atoms with van der Waals surface area (Å²) in [6.07, 6.45) is 1.82. The lowest BCUT2D eigenvalue weighted by molar-refractivity contribution is -0.207. The highest BCUT2D eigenvalue weighted by Crippen LogP contribution is 2.50. The number of ether oxygens (including phenoxy) is 1. The maximum Gasteiger partial charge on any atom is 0.321 e. The van der Waals surface area contributed by atoms with Gasteiger partial charge in [0.05, 0.1) is 17.9 Å². The van der Waals surface area contributed by atoms with Gasteiger partial charge in [-0.2, -0.15) is 0 Å². The number of likely N-dealkylation sites (tertiary alicyclic amines) is 1. The standard InChI is InChI=1S/C18H25FN2O3/c1-3-24-15-11-14(22)18(15)7-9-21(10-8-18)17(23)20-13-6-4-5-12(2)16(13)19/h4-6,14-15,22H,3,7-11H2,1-2H3,(H,20,23)/t14-,15+/m1/s1. The Morgan fingerprint density at radius 3 is 2.79 bits per heavy atom. The molecular formula is C18H25FN2O3. The molecule has 2 aliphatic rings. The molecule has 1 aliphatic carbocycles. The number of anilines is 1. The second kappa shape index (κ2) is 6.69. The fourth-order valence-electron chi connectivity index (χ4n) is 3.88. The molecule has 2 amide bonds. The first-order valence-corrected chi connectivity index (χ1v) is 8.58. The predicted molar refractivity (Wildman–Crippen MR) is 89.4 cm³/mol. The summed E-state index contributed by atoms with van der Waals surface area (Å²) in [5.41, 5.74) is 0.486. The number of nitrogens with zero attached hydrogens (tertiary/aromatic N) is 1. The summed E-state index contributed by atoms with van der Waals surface area (Å²) in [4.78, 5) is 14.1. The molecule has 2 atom stereocenters. The molecule has 132 valence electrons. The lowest BCUT2D eigenvalue weighted by Gasteiger charge is -2.56. The van der Waals surface area contributed by atoms with Crippen LogP contribution in [0.1, 0.15) is 31.7 Å². The van der Waals surface area contributed by atoms with E-state index in [-0.39, 0.29) is 29.3 Å². The molecule has 0 aromatic heterocycles. The molecule has 24 heavy (non-hydrogen) atoms. The van der Waals surface area contributed by atoms with Crippen molar-refractivity contribution in [1.29, 1.82) is 0 Å². The van der Waals surface area contributed by atoms with Crippen LogP contribution in [0, 0.1) is 18.2 Å². The summed E-state index contributed by atoms with van der Waals surface area (Å²) in [5.74, 6) is -0.398. The molecule has 2 N–H and O–H groups in total. The maximum absolute atomic E-state index is 14.0. The number of rotatable bonds is 3. The van der Waals surface area contributed by atoms with Crippen LogP contribution in [0.2, 0.25) is 0 Å². The smallest absolute Gasteiger partial charge is 0.321 e. The van der Waals surface area contributed by atoms with Crippen LogP contribution >= 0.6 is 0 Å². The van der Waals surface area contributed by atoms with Crippen LogP contribution in [0.15, 0.2) is 18.2 Å². The van der Waals surface area contributed by atoms with E-state index < -0.39 is 5.82 Å². The molecule has 5 nitrogen and oxygen atoms in total. The summed E-state index contributed by atoms with van der Waals surface area (Å²) in [7, 11) is 0. The molecule has 3 rings (SSSR count). The van der Waals surface area contributed by atoms with Crippen LogP contribution < -0.4 is 5.32 Å². The van der Waals surface area contributed by atoms with Crippen molar-refractivity contribution in [3.63, 3.8) is 0 Å². The van der Waals surface area contributed by atoms with Gasteiger partial charge in [-0.05, 0) is 38.3 Å².